The molecule has 7 heteroatoms. The molecule has 1 aromatic heterocycles. The summed E-state index contributed by atoms with van der Waals surface area (Å²) in [5.41, 5.74) is 1.17. The smallest absolute Gasteiger partial charge is 0.311 e. The molecule has 0 aliphatic heterocycles. The fourth-order valence-electron chi connectivity index (χ4n) is 1.60. The van der Waals surface area contributed by atoms with Crippen molar-refractivity contribution in [1.82, 2.24) is 4.98 Å². The Bertz CT molecular complexity index is 657. The second-order valence-corrected chi connectivity index (χ2v) is 6.19. The van der Waals surface area contributed by atoms with Crippen LogP contribution < -0.4 is 5.32 Å². The lowest BCUT2D eigenvalue weighted by Gasteiger charge is -2.02. The zero-order valence-electron chi connectivity index (χ0n) is 11.3. The zero-order valence-corrected chi connectivity index (χ0v) is 14.2. The van der Waals surface area contributed by atoms with Crippen LogP contribution in [0.15, 0.2) is 29.6 Å². The maximum atomic E-state index is 12.1. The molecule has 0 aliphatic rings. The van der Waals surface area contributed by atoms with E-state index in [0.717, 1.165) is 3.57 Å². The summed E-state index contributed by atoms with van der Waals surface area (Å²) in [6, 6.07) is 7.27. The summed E-state index contributed by atoms with van der Waals surface area (Å²) in [7, 11) is 0. The van der Waals surface area contributed by atoms with Crippen LogP contribution in [0.1, 0.15) is 23.0 Å². The Morgan fingerprint density at radius 1 is 1.43 bits per heavy atom. The lowest BCUT2D eigenvalue weighted by molar-refractivity contribution is -0.142. The van der Waals surface area contributed by atoms with Gasteiger partial charge in [0.15, 0.2) is 5.13 Å². The molecular formula is C14H13IN2O3S. The van der Waals surface area contributed by atoms with Crippen molar-refractivity contribution in [3.63, 3.8) is 0 Å². The van der Waals surface area contributed by atoms with Crippen LogP contribution in [0.25, 0.3) is 0 Å². The first-order chi connectivity index (χ1) is 10.1. The van der Waals surface area contributed by atoms with Gasteiger partial charge in [0.05, 0.1) is 18.7 Å². The highest BCUT2D eigenvalue weighted by atomic mass is 127. The fraction of sp³-hybridized carbons (Fsp3) is 0.214. The van der Waals surface area contributed by atoms with Gasteiger partial charge in [0, 0.05) is 14.5 Å². The molecule has 2 aromatic rings. The number of aromatic nitrogens is 1. The SMILES string of the molecule is CCOC(=O)Cc1csc(NC(=O)c2cccc(I)c2)n1. The highest BCUT2D eigenvalue weighted by molar-refractivity contribution is 14.1. The number of anilines is 1. The van der Waals surface area contributed by atoms with E-state index in [9.17, 15) is 9.59 Å². The third-order valence-corrected chi connectivity index (χ3v) is 3.97. The van der Waals surface area contributed by atoms with Crippen LogP contribution in [0.5, 0.6) is 0 Å². The van der Waals surface area contributed by atoms with E-state index < -0.39 is 0 Å². The molecule has 0 saturated carbocycles. The molecule has 0 radical (unpaired) electrons. The van der Waals surface area contributed by atoms with Crippen LogP contribution in [0, 0.1) is 3.57 Å². The number of benzene rings is 1. The highest BCUT2D eigenvalue weighted by Crippen LogP contribution is 2.17. The molecule has 1 aromatic carbocycles. The predicted molar refractivity (Wildman–Crippen MR) is 89.6 cm³/mol. The number of carbonyl (C=O) groups is 2. The number of halogens is 1. The van der Waals surface area contributed by atoms with Gasteiger partial charge in [0.2, 0.25) is 0 Å². The Hall–Kier alpha value is -1.48. The summed E-state index contributed by atoms with van der Waals surface area (Å²) in [6.45, 7) is 2.10. The van der Waals surface area contributed by atoms with E-state index in [1.54, 1.807) is 24.4 Å². The average Bonchev–Trinajstić information content (AvgIpc) is 2.86. The van der Waals surface area contributed by atoms with E-state index in [2.05, 4.69) is 32.9 Å². The second kappa shape index (κ2) is 7.51. The number of esters is 1. The molecule has 5 nitrogen and oxygen atoms in total. The summed E-state index contributed by atoms with van der Waals surface area (Å²) in [5, 5.41) is 4.93. The third kappa shape index (κ3) is 4.78. The number of nitrogens with zero attached hydrogens (tertiary/aromatic N) is 1. The van der Waals surface area contributed by atoms with Crippen LogP contribution in [0.2, 0.25) is 0 Å². The number of thiazole rings is 1. The van der Waals surface area contributed by atoms with Gasteiger partial charge in [-0.15, -0.1) is 11.3 Å². The molecular weight excluding hydrogens is 403 g/mol. The molecule has 0 spiro atoms. The molecule has 0 unspecified atom stereocenters. The molecule has 0 fully saturated rings. The van der Waals surface area contributed by atoms with Crippen molar-refractivity contribution >= 4 is 50.9 Å². The van der Waals surface area contributed by atoms with Crippen LogP contribution in [-0.2, 0) is 16.0 Å². The van der Waals surface area contributed by atoms with Crippen molar-refractivity contribution in [3.05, 3.63) is 44.5 Å². The summed E-state index contributed by atoms with van der Waals surface area (Å²) in [4.78, 5) is 27.6. The average molecular weight is 416 g/mol. The van der Waals surface area contributed by atoms with Crippen molar-refractivity contribution < 1.29 is 14.3 Å². The Labute approximate surface area is 139 Å². The molecule has 1 amide bonds. The largest absolute Gasteiger partial charge is 0.466 e. The Morgan fingerprint density at radius 2 is 2.24 bits per heavy atom. The fourth-order valence-corrected chi connectivity index (χ4v) is 2.85. The molecule has 110 valence electrons. The summed E-state index contributed by atoms with van der Waals surface area (Å²) in [6.07, 6.45) is 0.115. The van der Waals surface area contributed by atoms with E-state index in [4.69, 9.17) is 4.74 Å². The maximum absolute atomic E-state index is 12.1. The molecule has 2 rings (SSSR count). The third-order valence-electron chi connectivity index (χ3n) is 2.49. The number of hydrogen-bond donors (Lipinski definition) is 1. The second-order valence-electron chi connectivity index (χ2n) is 4.09. The number of hydrogen-bond acceptors (Lipinski definition) is 5. The molecule has 0 atom stereocenters. The molecule has 1 N–H and O–H groups in total. The monoisotopic (exact) mass is 416 g/mol. The van der Waals surface area contributed by atoms with Gasteiger partial charge in [-0.3, -0.25) is 14.9 Å². The number of rotatable bonds is 5. The van der Waals surface area contributed by atoms with Crippen LogP contribution in [0.3, 0.4) is 0 Å². The number of ether oxygens (including phenoxy) is 1. The van der Waals surface area contributed by atoms with Crippen molar-refractivity contribution in [3.8, 4) is 0 Å². The van der Waals surface area contributed by atoms with Crippen LogP contribution in [0.4, 0.5) is 5.13 Å². The van der Waals surface area contributed by atoms with E-state index in [1.165, 1.54) is 11.3 Å². The van der Waals surface area contributed by atoms with Crippen molar-refractivity contribution in [2.45, 2.75) is 13.3 Å². The van der Waals surface area contributed by atoms with Crippen molar-refractivity contribution in [2.24, 2.45) is 0 Å². The number of amides is 1. The summed E-state index contributed by atoms with van der Waals surface area (Å²) < 4.78 is 5.84. The summed E-state index contributed by atoms with van der Waals surface area (Å²) >= 11 is 3.43. The lowest BCUT2D eigenvalue weighted by Crippen LogP contribution is -2.12. The van der Waals surface area contributed by atoms with Crippen molar-refractivity contribution in [2.75, 3.05) is 11.9 Å². The first-order valence-corrected chi connectivity index (χ1v) is 8.21. The predicted octanol–water partition coefficient (Wildman–Crippen LogP) is 3.11. The topological polar surface area (TPSA) is 68.3 Å². The Kier molecular flexibility index (Phi) is 5.68. The highest BCUT2D eigenvalue weighted by Gasteiger charge is 2.11. The van der Waals surface area contributed by atoms with Crippen molar-refractivity contribution in [1.29, 1.82) is 0 Å². The van der Waals surface area contributed by atoms with Gasteiger partial charge in [0.25, 0.3) is 5.91 Å². The zero-order chi connectivity index (χ0) is 15.2. The van der Waals surface area contributed by atoms with Crippen LogP contribution in [-0.4, -0.2) is 23.5 Å². The minimum absolute atomic E-state index is 0.115. The van der Waals surface area contributed by atoms with E-state index >= 15 is 0 Å². The maximum Gasteiger partial charge on any atom is 0.311 e. The van der Waals surface area contributed by atoms with Gasteiger partial charge < -0.3 is 4.74 Å². The molecule has 1 heterocycles. The normalized spacial score (nSPS) is 10.2. The first-order valence-electron chi connectivity index (χ1n) is 6.25. The van der Waals surface area contributed by atoms with Gasteiger partial charge in [-0.05, 0) is 47.7 Å². The van der Waals surface area contributed by atoms with E-state index in [-0.39, 0.29) is 18.3 Å². The van der Waals surface area contributed by atoms with E-state index in [0.29, 0.717) is 23.0 Å². The van der Waals surface area contributed by atoms with Gasteiger partial charge in [-0.1, -0.05) is 6.07 Å². The molecule has 21 heavy (non-hydrogen) atoms. The number of nitrogens with one attached hydrogen (secondary N) is 1. The summed E-state index contributed by atoms with van der Waals surface area (Å²) in [5.74, 6) is -0.538. The Balaban J connectivity index is 1.99. The lowest BCUT2D eigenvalue weighted by atomic mass is 10.2. The van der Waals surface area contributed by atoms with Gasteiger partial charge in [-0.25, -0.2) is 4.98 Å². The standard InChI is InChI=1S/C14H13IN2O3S/c1-2-20-12(18)7-11-8-21-14(16-11)17-13(19)9-4-3-5-10(15)6-9/h3-6,8H,2,7H2,1H3,(H,16,17,19). The molecule has 0 bridgehead atoms. The first kappa shape index (κ1) is 15.9. The van der Waals surface area contributed by atoms with E-state index in [1.807, 2.05) is 12.1 Å². The Morgan fingerprint density at radius 3 is 2.95 bits per heavy atom. The minimum Gasteiger partial charge on any atom is -0.466 e. The molecule has 0 aliphatic carbocycles. The minimum atomic E-state index is -0.321. The van der Waals surface area contributed by atoms with Crippen LogP contribution >= 0.6 is 33.9 Å². The quantitative estimate of drug-likeness (QED) is 0.601. The van der Waals surface area contributed by atoms with Gasteiger partial charge >= 0.3 is 5.97 Å². The molecule has 0 saturated heterocycles. The van der Waals surface area contributed by atoms with Gasteiger partial charge in [-0.2, -0.15) is 0 Å². The number of carbonyl (C=O) groups excluding carboxylic acids is 2. The van der Waals surface area contributed by atoms with Gasteiger partial charge in [0.1, 0.15) is 0 Å².